The van der Waals surface area contributed by atoms with Crippen molar-refractivity contribution >= 4 is 30.6 Å². The summed E-state index contributed by atoms with van der Waals surface area (Å²) in [7, 11) is -2.74. The minimum absolute atomic E-state index is 0.0632. The van der Waals surface area contributed by atoms with Crippen molar-refractivity contribution in [1.29, 1.82) is 0 Å². The van der Waals surface area contributed by atoms with Gasteiger partial charge in [-0.3, -0.25) is 4.79 Å². The summed E-state index contributed by atoms with van der Waals surface area (Å²) in [5.74, 6) is 0.143. The second-order valence-corrected chi connectivity index (χ2v) is 20.0. The van der Waals surface area contributed by atoms with Gasteiger partial charge in [0.2, 0.25) is 0 Å². The highest BCUT2D eigenvalue weighted by Crippen LogP contribution is 2.38. The van der Waals surface area contributed by atoms with Crippen molar-refractivity contribution in [1.82, 2.24) is 4.90 Å². The van der Waals surface area contributed by atoms with Crippen LogP contribution in [-0.4, -0.2) is 49.9 Å². The number of ether oxygens (including phenoxy) is 1. The number of hydrogen-bond donors (Lipinski definition) is 0. The zero-order chi connectivity index (χ0) is 34.8. The molecule has 4 rings (SSSR count). The van der Waals surface area contributed by atoms with Gasteiger partial charge in [-0.2, -0.15) is 0 Å². The van der Waals surface area contributed by atoms with E-state index in [0.29, 0.717) is 25.1 Å². The molecule has 1 amide bonds. The molecule has 2 atom stereocenters. The molecular weight excluding hydrogens is 611 g/mol. The van der Waals surface area contributed by atoms with Gasteiger partial charge < -0.3 is 14.1 Å². The zero-order valence-corrected chi connectivity index (χ0v) is 31.6. The summed E-state index contributed by atoms with van der Waals surface area (Å²) in [5, 5.41) is 2.32. The number of benzene rings is 3. The van der Waals surface area contributed by atoms with Gasteiger partial charge in [0.05, 0.1) is 0 Å². The Bertz CT molecular complexity index is 1390. The second kappa shape index (κ2) is 16.9. The van der Waals surface area contributed by atoms with Crippen LogP contribution < -0.4 is 10.4 Å². The highest BCUT2D eigenvalue weighted by atomic mass is 28.4. The Morgan fingerprint density at radius 3 is 1.88 bits per heavy atom. The Morgan fingerprint density at radius 1 is 0.771 bits per heavy atom. The summed E-state index contributed by atoms with van der Waals surface area (Å²) in [6.07, 6.45) is 9.28. The van der Waals surface area contributed by atoms with Crippen molar-refractivity contribution in [2.45, 2.75) is 123 Å². The molecule has 48 heavy (non-hydrogen) atoms. The number of carbonyl (C=O) groups excluding carboxylic acids is 2. The molecule has 0 N–H and O–H groups in total. The van der Waals surface area contributed by atoms with Gasteiger partial charge in [-0.15, -0.1) is 0 Å². The molecule has 1 fully saturated rings. The van der Waals surface area contributed by atoms with E-state index >= 15 is 0 Å². The number of ketones is 1. The van der Waals surface area contributed by atoms with Gasteiger partial charge in [0.15, 0.2) is 5.78 Å². The molecule has 1 heterocycles. The fourth-order valence-corrected chi connectivity index (χ4v) is 11.8. The first kappa shape index (κ1) is 37.6. The molecule has 5 nitrogen and oxygen atoms in total. The first-order valence-corrected chi connectivity index (χ1v) is 20.1. The molecule has 1 aliphatic rings. The quantitative estimate of drug-likeness (QED) is 0.0920. The Labute approximate surface area is 291 Å². The van der Waals surface area contributed by atoms with Gasteiger partial charge in [0, 0.05) is 37.1 Å². The van der Waals surface area contributed by atoms with Crippen LogP contribution in [0.2, 0.25) is 5.04 Å². The van der Waals surface area contributed by atoms with Crippen LogP contribution in [0.25, 0.3) is 0 Å². The molecule has 260 valence electrons. The SMILES string of the molecule is CCCCCCCCc1ccc(C(=O)C[C@H]2C[C@H](CO[Si](c3ccccc3)(c3ccccc3)C(C)(C)C)CN2C(=O)OC(C)(C)C)cc1. The third-order valence-electron chi connectivity index (χ3n) is 9.60. The highest BCUT2D eigenvalue weighted by Gasteiger charge is 2.51. The molecule has 0 aromatic heterocycles. The number of amides is 1. The van der Waals surface area contributed by atoms with Crippen LogP contribution in [-0.2, 0) is 15.6 Å². The predicted octanol–water partition coefficient (Wildman–Crippen LogP) is 9.36. The maximum atomic E-state index is 13.6. The van der Waals surface area contributed by atoms with E-state index in [1.54, 1.807) is 4.90 Å². The van der Waals surface area contributed by atoms with E-state index in [9.17, 15) is 9.59 Å². The topological polar surface area (TPSA) is 55.8 Å². The van der Waals surface area contributed by atoms with Crippen molar-refractivity contribution in [2.75, 3.05) is 13.2 Å². The van der Waals surface area contributed by atoms with Gasteiger partial charge in [0.25, 0.3) is 8.32 Å². The van der Waals surface area contributed by atoms with Crippen LogP contribution in [0.5, 0.6) is 0 Å². The molecule has 0 saturated carbocycles. The average molecular weight is 670 g/mol. The molecule has 0 unspecified atom stereocenters. The summed E-state index contributed by atoms with van der Waals surface area (Å²) >= 11 is 0. The molecule has 1 saturated heterocycles. The first-order valence-electron chi connectivity index (χ1n) is 18.2. The number of nitrogens with zero attached hydrogens (tertiary/aromatic N) is 1. The van der Waals surface area contributed by atoms with Crippen LogP contribution in [0.15, 0.2) is 84.9 Å². The summed E-state index contributed by atoms with van der Waals surface area (Å²) in [4.78, 5) is 29.0. The lowest BCUT2D eigenvalue weighted by Gasteiger charge is -2.43. The number of unbranched alkanes of at least 4 members (excludes halogenated alkanes) is 5. The average Bonchev–Trinajstić information content (AvgIpc) is 3.45. The van der Waals surface area contributed by atoms with Gasteiger partial charge in [0.1, 0.15) is 5.60 Å². The lowest BCUT2D eigenvalue weighted by molar-refractivity contribution is 0.0215. The van der Waals surface area contributed by atoms with Crippen LogP contribution >= 0.6 is 0 Å². The predicted molar refractivity (Wildman–Crippen MR) is 201 cm³/mol. The van der Waals surface area contributed by atoms with Gasteiger partial charge in [-0.1, -0.05) is 145 Å². The van der Waals surface area contributed by atoms with Gasteiger partial charge in [-0.25, -0.2) is 4.79 Å². The number of rotatable bonds is 15. The molecule has 3 aromatic rings. The number of Topliss-reactive ketones (excluding diaryl/α,β-unsaturated/α-hetero) is 1. The fraction of sp³-hybridized carbons (Fsp3) is 0.524. The van der Waals surface area contributed by atoms with Crippen LogP contribution in [0, 0.1) is 5.92 Å². The molecule has 3 aromatic carbocycles. The van der Waals surface area contributed by atoms with E-state index in [0.717, 1.165) is 6.42 Å². The summed E-state index contributed by atoms with van der Waals surface area (Å²) in [6, 6.07) is 29.2. The largest absolute Gasteiger partial charge is 0.444 e. The smallest absolute Gasteiger partial charge is 0.410 e. The zero-order valence-electron chi connectivity index (χ0n) is 30.6. The summed E-state index contributed by atoms with van der Waals surface area (Å²) < 4.78 is 13.1. The van der Waals surface area contributed by atoms with Crippen LogP contribution in [0.3, 0.4) is 0 Å². The maximum absolute atomic E-state index is 13.6. The van der Waals surface area contributed by atoms with Crippen LogP contribution in [0.1, 0.15) is 116 Å². The van der Waals surface area contributed by atoms with Crippen molar-refractivity contribution in [3.05, 3.63) is 96.1 Å². The van der Waals surface area contributed by atoms with E-state index < -0.39 is 13.9 Å². The van der Waals surface area contributed by atoms with E-state index in [1.807, 2.05) is 32.9 Å². The third-order valence-corrected chi connectivity index (χ3v) is 14.6. The van der Waals surface area contributed by atoms with E-state index in [1.165, 1.54) is 54.5 Å². The monoisotopic (exact) mass is 669 g/mol. The number of carbonyl (C=O) groups is 2. The lowest BCUT2D eigenvalue weighted by Crippen LogP contribution is -2.67. The van der Waals surface area contributed by atoms with Crippen molar-refractivity contribution < 1.29 is 18.8 Å². The molecule has 0 radical (unpaired) electrons. The number of hydrogen-bond acceptors (Lipinski definition) is 4. The van der Waals surface area contributed by atoms with Crippen molar-refractivity contribution in [2.24, 2.45) is 5.92 Å². The van der Waals surface area contributed by atoms with E-state index in [2.05, 4.69) is 100 Å². The molecule has 0 aliphatic carbocycles. The Kier molecular flexibility index (Phi) is 13.3. The van der Waals surface area contributed by atoms with E-state index in [4.69, 9.17) is 9.16 Å². The Hall–Kier alpha value is -3.22. The molecule has 1 aliphatic heterocycles. The van der Waals surface area contributed by atoms with Crippen molar-refractivity contribution in [3.63, 3.8) is 0 Å². The number of likely N-dealkylation sites (tertiary alicyclic amines) is 1. The molecule has 0 bridgehead atoms. The van der Waals surface area contributed by atoms with Crippen LogP contribution in [0.4, 0.5) is 4.79 Å². The molecular formula is C42H59NO4Si. The molecule has 0 spiro atoms. The minimum atomic E-state index is -2.74. The fourth-order valence-electron chi connectivity index (χ4n) is 7.18. The Balaban J connectivity index is 1.50. The Morgan fingerprint density at radius 2 is 1.33 bits per heavy atom. The normalized spacial score (nSPS) is 17.0. The lowest BCUT2D eigenvalue weighted by atomic mass is 9.97. The highest BCUT2D eigenvalue weighted by molar-refractivity contribution is 6.99. The van der Waals surface area contributed by atoms with E-state index in [-0.39, 0.29) is 35.3 Å². The summed E-state index contributed by atoms with van der Waals surface area (Å²) in [5.41, 5.74) is 1.36. The van der Waals surface area contributed by atoms with Gasteiger partial charge >= 0.3 is 6.09 Å². The first-order chi connectivity index (χ1) is 22.8. The van der Waals surface area contributed by atoms with Crippen molar-refractivity contribution in [3.8, 4) is 0 Å². The standard InChI is InChI=1S/C42H59NO4Si/c1-8-9-10-11-12-15-20-33-25-27-35(28-26-33)39(44)30-36-29-34(31-43(36)40(45)47-41(2,3)4)32-46-48(42(5,6)7,37-21-16-13-17-22-37)38-23-18-14-19-24-38/h13-14,16-19,21-28,34,36H,8-12,15,20,29-32H2,1-7H3/t34-,36+/m0/s1. The third kappa shape index (κ3) is 9.91. The summed E-state index contributed by atoms with van der Waals surface area (Å²) in [6.45, 7) is 15.7. The number of aryl methyl sites for hydroxylation is 1. The maximum Gasteiger partial charge on any atom is 0.410 e. The molecule has 6 heteroatoms. The minimum Gasteiger partial charge on any atom is -0.444 e. The second-order valence-electron chi connectivity index (χ2n) is 15.7. The van der Waals surface area contributed by atoms with Gasteiger partial charge in [-0.05, 0) is 61.0 Å².